The van der Waals surface area contributed by atoms with E-state index in [9.17, 15) is 10.1 Å². The summed E-state index contributed by atoms with van der Waals surface area (Å²) in [5.41, 5.74) is 0.740. The highest BCUT2D eigenvalue weighted by molar-refractivity contribution is 7.15. The lowest BCUT2D eigenvalue weighted by molar-refractivity contribution is -0.112. The first-order chi connectivity index (χ1) is 11.2. The van der Waals surface area contributed by atoms with E-state index in [2.05, 4.69) is 15.5 Å². The highest BCUT2D eigenvalue weighted by Gasteiger charge is 2.12. The monoisotopic (exact) mass is 328 g/mol. The van der Waals surface area contributed by atoms with Gasteiger partial charge in [0.15, 0.2) is 0 Å². The van der Waals surface area contributed by atoms with Gasteiger partial charge in [0.2, 0.25) is 5.13 Å². The Kier molecular flexibility index (Phi) is 5.83. The Morgan fingerprint density at radius 1 is 1.39 bits per heavy atom. The van der Waals surface area contributed by atoms with Crippen molar-refractivity contribution in [2.45, 2.75) is 19.8 Å². The molecule has 23 heavy (non-hydrogen) atoms. The zero-order valence-corrected chi connectivity index (χ0v) is 13.7. The lowest BCUT2D eigenvalue weighted by Crippen LogP contribution is -2.13. The molecule has 0 radical (unpaired) electrons. The van der Waals surface area contributed by atoms with Crippen LogP contribution >= 0.6 is 11.3 Å². The van der Waals surface area contributed by atoms with Crippen LogP contribution in [-0.4, -0.2) is 23.2 Å². The van der Waals surface area contributed by atoms with Crippen molar-refractivity contribution >= 4 is 28.5 Å². The van der Waals surface area contributed by atoms with Crippen molar-refractivity contribution in [3.05, 3.63) is 40.4 Å². The van der Waals surface area contributed by atoms with Crippen LogP contribution in [0.3, 0.4) is 0 Å². The zero-order valence-electron chi connectivity index (χ0n) is 12.9. The van der Waals surface area contributed by atoms with E-state index in [1.807, 2.05) is 13.0 Å². The Morgan fingerprint density at radius 2 is 2.13 bits per heavy atom. The van der Waals surface area contributed by atoms with Crippen LogP contribution in [0, 0.1) is 11.3 Å². The maximum atomic E-state index is 12.2. The molecule has 1 aromatic carbocycles. The Hall–Kier alpha value is -2.72. The second-order valence-electron chi connectivity index (χ2n) is 4.65. The minimum Gasteiger partial charge on any atom is -0.497 e. The Morgan fingerprint density at radius 3 is 2.74 bits per heavy atom. The normalized spacial score (nSPS) is 10.9. The third kappa shape index (κ3) is 4.63. The van der Waals surface area contributed by atoms with Crippen molar-refractivity contribution in [1.82, 2.24) is 10.2 Å². The number of aromatic nitrogens is 2. The van der Waals surface area contributed by atoms with E-state index in [0.717, 1.165) is 23.4 Å². The van der Waals surface area contributed by atoms with Crippen molar-refractivity contribution in [3.8, 4) is 11.8 Å². The summed E-state index contributed by atoms with van der Waals surface area (Å²) in [5, 5.41) is 20.9. The molecule has 0 aliphatic heterocycles. The van der Waals surface area contributed by atoms with Crippen LogP contribution in [0.4, 0.5) is 5.13 Å². The molecular formula is C16H16N4O2S. The van der Waals surface area contributed by atoms with Gasteiger partial charge in [-0.2, -0.15) is 5.26 Å². The van der Waals surface area contributed by atoms with Crippen molar-refractivity contribution < 1.29 is 9.53 Å². The molecule has 2 aromatic rings. The first-order valence-electron chi connectivity index (χ1n) is 7.05. The van der Waals surface area contributed by atoms with Crippen molar-refractivity contribution in [2.75, 3.05) is 12.4 Å². The Labute approximate surface area is 138 Å². The predicted molar refractivity (Wildman–Crippen MR) is 89.1 cm³/mol. The van der Waals surface area contributed by atoms with Crippen molar-refractivity contribution in [1.29, 1.82) is 5.26 Å². The van der Waals surface area contributed by atoms with Crippen LogP contribution in [0.1, 0.15) is 23.9 Å². The van der Waals surface area contributed by atoms with E-state index in [4.69, 9.17) is 4.74 Å². The molecule has 1 N–H and O–H groups in total. The van der Waals surface area contributed by atoms with Gasteiger partial charge < -0.3 is 4.74 Å². The fourth-order valence-corrected chi connectivity index (χ4v) is 2.64. The summed E-state index contributed by atoms with van der Waals surface area (Å²) in [7, 11) is 1.58. The Balaban J connectivity index is 2.10. The molecule has 6 nitrogen and oxygen atoms in total. The number of methoxy groups -OCH3 is 1. The third-order valence-electron chi connectivity index (χ3n) is 2.94. The molecule has 2 rings (SSSR count). The molecule has 118 valence electrons. The topological polar surface area (TPSA) is 87.9 Å². The zero-order chi connectivity index (χ0) is 16.7. The van der Waals surface area contributed by atoms with E-state index in [1.54, 1.807) is 31.4 Å². The van der Waals surface area contributed by atoms with Gasteiger partial charge in [-0.3, -0.25) is 10.1 Å². The quantitative estimate of drug-likeness (QED) is 0.650. The number of amides is 1. The second-order valence-corrected chi connectivity index (χ2v) is 5.71. The van der Waals surface area contributed by atoms with Gasteiger partial charge in [0.25, 0.3) is 5.91 Å². The molecule has 0 aliphatic rings. The van der Waals surface area contributed by atoms with Crippen LogP contribution < -0.4 is 10.1 Å². The smallest absolute Gasteiger partial charge is 0.268 e. The van der Waals surface area contributed by atoms with Gasteiger partial charge in [-0.1, -0.05) is 30.4 Å². The summed E-state index contributed by atoms with van der Waals surface area (Å²) in [6.07, 6.45) is 3.30. The summed E-state index contributed by atoms with van der Waals surface area (Å²) < 4.78 is 5.07. The number of carbonyl (C=O) groups is 1. The number of anilines is 1. The molecule has 0 saturated carbocycles. The van der Waals surface area contributed by atoms with Crippen LogP contribution in [0.25, 0.3) is 6.08 Å². The van der Waals surface area contributed by atoms with E-state index in [-0.39, 0.29) is 5.57 Å². The van der Waals surface area contributed by atoms with Gasteiger partial charge in [-0.15, -0.1) is 10.2 Å². The average Bonchev–Trinajstić information content (AvgIpc) is 3.00. The summed E-state index contributed by atoms with van der Waals surface area (Å²) >= 11 is 1.32. The third-order valence-corrected chi connectivity index (χ3v) is 3.84. The van der Waals surface area contributed by atoms with Crippen molar-refractivity contribution in [2.24, 2.45) is 0 Å². The van der Waals surface area contributed by atoms with Gasteiger partial charge in [0.05, 0.1) is 7.11 Å². The molecule has 1 amide bonds. The maximum absolute atomic E-state index is 12.2. The molecule has 0 aliphatic carbocycles. The molecule has 0 fully saturated rings. The number of nitriles is 1. The number of hydrogen-bond acceptors (Lipinski definition) is 6. The van der Waals surface area contributed by atoms with E-state index >= 15 is 0 Å². The molecule has 0 unspecified atom stereocenters. The van der Waals surface area contributed by atoms with E-state index < -0.39 is 5.91 Å². The largest absolute Gasteiger partial charge is 0.497 e. The summed E-state index contributed by atoms with van der Waals surface area (Å²) in [5.74, 6) is 0.213. The summed E-state index contributed by atoms with van der Waals surface area (Å²) in [6.45, 7) is 2.05. The van der Waals surface area contributed by atoms with Gasteiger partial charge >= 0.3 is 0 Å². The molecule has 0 atom stereocenters. The standard InChI is InChI=1S/C16H16N4O2S/c1-3-4-14-19-20-16(23-14)18-15(21)12(10-17)9-11-5-7-13(22-2)8-6-11/h5-9H,3-4H2,1-2H3,(H,18,20,21)/b12-9+. The fourth-order valence-electron chi connectivity index (χ4n) is 1.80. The van der Waals surface area contributed by atoms with E-state index in [1.165, 1.54) is 17.4 Å². The van der Waals surface area contributed by atoms with Crippen LogP contribution in [0.5, 0.6) is 5.75 Å². The minimum atomic E-state index is -0.498. The van der Waals surface area contributed by atoms with Gasteiger partial charge in [-0.25, -0.2) is 0 Å². The minimum absolute atomic E-state index is 0.00223. The highest BCUT2D eigenvalue weighted by atomic mass is 32.1. The highest BCUT2D eigenvalue weighted by Crippen LogP contribution is 2.18. The number of benzene rings is 1. The van der Waals surface area contributed by atoms with Gasteiger partial charge in [0, 0.05) is 6.42 Å². The lowest BCUT2D eigenvalue weighted by Gasteiger charge is -2.01. The van der Waals surface area contributed by atoms with Crippen LogP contribution in [0.15, 0.2) is 29.8 Å². The van der Waals surface area contributed by atoms with Crippen molar-refractivity contribution in [3.63, 3.8) is 0 Å². The fraction of sp³-hybridized carbons (Fsp3) is 0.250. The molecule has 1 aromatic heterocycles. The summed E-state index contributed by atoms with van der Waals surface area (Å²) in [6, 6.07) is 8.98. The van der Waals surface area contributed by atoms with E-state index in [0.29, 0.717) is 10.9 Å². The Bertz CT molecular complexity index is 744. The maximum Gasteiger partial charge on any atom is 0.268 e. The van der Waals surface area contributed by atoms with Crippen LogP contribution in [0.2, 0.25) is 0 Å². The molecule has 0 saturated heterocycles. The lowest BCUT2D eigenvalue weighted by atomic mass is 10.1. The SMILES string of the molecule is CCCc1nnc(NC(=O)/C(C#N)=C/c2ccc(OC)cc2)s1. The summed E-state index contributed by atoms with van der Waals surface area (Å²) in [4.78, 5) is 12.2. The first kappa shape index (κ1) is 16.6. The molecule has 7 heteroatoms. The van der Waals surface area contributed by atoms with Crippen LogP contribution in [-0.2, 0) is 11.2 Å². The van der Waals surface area contributed by atoms with Gasteiger partial charge in [-0.05, 0) is 30.2 Å². The predicted octanol–water partition coefficient (Wildman–Crippen LogP) is 3.04. The number of nitrogens with zero attached hydrogens (tertiary/aromatic N) is 3. The number of aryl methyl sites for hydroxylation is 1. The van der Waals surface area contributed by atoms with Gasteiger partial charge in [0.1, 0.15) is 22.4 Å². The molecule has 0 bridgehead atoms. The average molecular weight is 328 g/mol. The number of nitrogens with one attached hydrogen (secondary N) is 1. The molecular weight excluding hydrogens is 312 g/mol. The number of hydrogen-bond donors (Lipinski definition) is 1. The second kappa shape index (κ2) is 8.06. The first-order valence-corrected chi connectivity index (χ1v) is 7.87. The molecule has 0 spiro atoms. The number of ether oxygens (including phenoxy) is 1. The molecule has 1 heterocycles. The number of carbonyl (C=O) groups excluding carboxylic acids is 1. The number of rotatable bonds is 6.